The Morgan fingerprint density at radius 1 is 0.966 bits per heavy atom. The Balaban J connectivity index is 1.52. The predicted molar refractivity (Wildman–Crippen MR) is 115 cm³/mol. The summed E-state index contributed by atoms with van der Waals surface area (Å²) in [4.78, 5) is 9.69. The molecule has 0 aliphatic carbocycles. The van der Waals surface area contributed by atoms with E-state index in [0.717, 1.165) is 46.2 Å². The third kappa shape index (κ3) is 3.34. The fourth-order valence-electron chi connectivity index (χ4n) is 4.61. The second-order valence-corrected chi connectivity index (χ2v) is 8.34. The van der Waals surface area contributed by atoms with Crippen molar-refractivity contribution >= 4 is 21.9 Å². The molecule has 2 N–H and O–H groups in total. The number of aromatic hydroxyl groups is 1. The van der Waals surface area contributed by atoms with Gasteiger partial charge in [0.15, 0.2) is 0 Å². The Morgan fingerprint density at radius 3 is 2.48 bits per heavy atom. The lowest BCUT2D eigenvalue weighted by molar-refractivity contribution is 0.314. The van der Waals surface area contributed by atoms with Gasteiger partial charge in [0.2, 0.25) is 0 Å². The number of aryl methyl sites for hydroxylation is 1. The highest BCUT2D eigenvalue weighted by atomic mass is 16.3. The van der Waals surface area contributed by atoms with Crippen molar-refractivity contribution in [2.75, 3.05) is 0 Å². The van der Waals surface area contributed by atoms with Crippen LogP contribution in [-0.4, -0.2) is 36.9 Å². The van der Waals surface area contributed by atoms with Gasteiger partial charge in [-0.15, -0.1) is 0 Å². The SMILES string of the molecule is CC1CC(c2ccc3nc(-c4cc5cn(C)nc5cc4O)ccc3n2)CC(C)N1. The van der Waals surface area contributed by atoms with Crippen LogP contribution in [-0.2, 0) is 7.05 Å². The molecule has 3 aromatic heterocycles. The van der Waals surface area contributed by atoms with E-state index in [4.69, 9.17) is 9.97 Å². The maximum absolute atomic E-state index is 10.5. The van der Waals surface area contributed by atoms with Crippen LogP contribution in [0.5, 0.6) is 5.75 Å². The quantitative estimate of drug-likeness (QED) is 0.541. The molecule has 1 saturated heterocycles. The number of nitrogens with one attached hydrogen (secondary N) is 1. The minimum atomic E-state index is 0.185. The standard InChI is InChI=1S/C23H25N5O/c1-13-8-15(9-14(2)24-13)18-4-6-21-20(25-18)7-5-19(26-21)17-10-16-12-28(3)27-22(16)11-23(17)29/h4-7,10-15,24,29H,8-9H2,1-3H3. The molecule has 1 aliphatic rings. The molecule has 6 nitrogen and oxygen atoms in total. The molecule has 4 aromatic rings. The van der Waals surface area contributed by atoms with Gasteiger partial charge in [-0.3, -0.25) is 9.67 Å². The summed E-state index contributed by atoms with van der Waals surface area (Å²) in [6.45, 7) is 4.48. The van der Waals surface area contributed by atoms with Crippen LogP contribution in [0.2, 0.25) is 0 Å². The lowest BCUT2D eigenvalue weighted by Crippen LogP contribution is -2.41. The normalized spacial score (nSPS) is 22.4. The van der Waals surface area contributed by atoms with E-state index in [1.54, 1.807) is 10.7 Å². The summed E-state index contributed by atoms with van der Waals surface area (Å²) in [5.41, 5.74) is 5.09. The van der Waals surface area contributed by atoms with Crippen LogP contribution in [0.4, 0.5) is 0 Å². The third-order valence-electron chi connectivity index (χ3n) is 5.84. The molecule has 2 atom stereocenters. The minimum absolute atomic E-state index is 0.185. The van der Waals surface area contributed by atoms with Crippen LogP contribution in [0, 0.1) is 0 Å². The van der Waals surface area contributed by atoms with Gasteiger partial charge in [-0.1, -0.05) is 0 Å². The topological polar surface area (TPSA) is 75.9 Å². The van der Waals surface area contributed by atoms with Crippen LogP contribution < -0.4 is 5.32 Å². The van der Waals surface area contributed by atoms with Gasteiger partial charge >= 0.3 is 0 Å². The third-order valence-corrected chi connectivity index (χ3v) is 5.84. The highest BCUT2D eigenvalue weighted by Gasteiger charge is 2.25. The average Bonchev–Trinajstić information content (AvgIpc) is 3.04. The molecule has 6 heteroatoms. The molecule has 0 radical (unpaired) electrons. The van der Waals surface area contributed by atoms with Crippen LogP contribution in [0.1, 0.15) is 38.3 Å². The van der Waals surface area contributed by atoms with Gasteiger partial charge in [-0.05, 0) is 57.0 Å². The number of phenolic OH excluding ortho intramolecular Hbond substituents is 1. The first-order valence-corrected chi connectivity index (χ1v) is 10.2. The fourth-order valence-corrected chi connectivity index (χ4v) is 4.61. The van der Waals surface area contributed by atoms with E-state index in [-0.39, 0.29) is 5.75 Å². The summed E-state index contributed by atoms with van der Waals surface area (Å²) in [5, 5.41) is 19.4. The summed E-state index contributed by atoms with van der Waals surface area (Å²) >= 11 is 0. The molecule has 2 unspecified atom stereocenters. The number of hydrogen-bond acceptors (Lipinski definition) is 5. The Morgan fingerprint density at radius 2 is 1.69 bits per heavy atom. The predicted octanol–water partition coefficient (Wildman–Crippen LogP) is 4.13. The summed E-state index contributed by atoms with van der Waals surface area (Å²) in [6, 6.07) is 12.7. The molecular formula is C23H25N5O. The number of piperidine rings is 1. The highest BCUT2D eigenvalue weighted by molar-refractivity contribution is 5.88. The van der Waals surface area contributed by atoms with E-state index in [2.05, 4.69) is 36.4 Å². The molecule has 0 saturated carbocycles. The Labute approximate surface area is 169 Å². The molecule has 0 spiro atoms. The molecule has 5 rings (SSSR count). The van der Waals surface area contributed by atoms with E-state index in [1.165, 1.54) is 0 Å². The van der Waals surface area contributed by atoms with Crippen molar-refractivity contribution in [3.63, 3.8) is 0 Å². The average molecular weight is 387 g/mol. The van der Waals surface area contributed by atoms with E-state index < -0.39 is 0 Å². The number of hydrogen-bond donors (Lipinski definition) is 2. The smallest absolute Gasteiger partial charge is 0.127 e. The molecule has 29 heavy (non-hydrogen) atoms. The summed E-state index contributed by atoms with van der Waals surface area (Å²) < 4.78 is 1.75. The number of phenols is 1. The molecule has 1 fully saturated rings. The Bertz CT molecular complexity index is 1200. The fraction of sp³-hybridized carbons (Fsp3) is 0.348. The van der Waals surface area contributed by atoms with E-state index in [0.29, 0.717) is 23.6 Å². The first-order chi connectivity index (χ1) is 14.0. The number of pyridine rings is 2. The number of fused-ring (bicyclic) bond motifs is 2. The van der Waals surface area contributed by atoms with Crippen LogP contribution in [0.25, 0.3) is 33.2 Å². The van der Waals surface area contributed by atoms with Crippen molar-refractivity contribution in [2.24, 2.45) is 7.05 Å². The molecule has 148 valence electrons. The van der Waals surface area contributed by atoms with Crippen molar-refractivity contribution in [1.29, 1.82) is 0 Å². The summed E-state index contributed by atoms with van der Waals surface area (Å²) in [6.07, 6.45) is 4.15. The van der Waals surface area contributed by atoms with Crippen molar-refractivity contribution in [1.82, 2.24) is 25.1 Å². The van der Waals surface area contributed by atoms with Gasteiger partial charge in [-0.2, -0.15) is 5.10 Å². The van der Waals surface area contributed by atoms with E-state index >= 15 is 0 Å². The Hall–Kier alpha value is -2.99. The minimum Gasteiger partial charge on any atom is -0.507 e. The largest absolute Gasteiger partial charge is 0.507 e. The second-order valence-electron chi connectivity index (χ2n) is 8.34. The number of nitrogens with zero attached hydrogens (tertiary/aromatic N) is 4. The molecule has 0 amide bonds. The zero-order chi connectivity index (χ0) is 20.1. The van der Waals surface area contributed by atoms with Gasteiger partial charge in [0, 0.05) is 54.0 Å². The lowest BCUT2D eigenvalue weighted by Gasteiger charge is -2.32. The van der Waals surface area contributed by atoms with Gasteiger partial charge < -0.3 is 10.4 Å². The monoisotopic (exact) mass is 387 g/mol. The van der Waals surface area contributed by atoms with Crippen LogP contribution in [0.3, 0.4) is 0 Å². The number of aromatic nitrogens is 4. The molecule has 1 aliphatic heterocycles. The van der Waals surface area contributed by atoms with E-state index in [9.17, 15) is 5.11 Å². The zero-order valence-electron chi connectivity index (χ0n) is 16.9. The summed E-state index contributed by atoms with van der Waals surface area (Å²) in [7, 11) is 1.87. The lowest BCUT2D eigenvalue weighted by atomic mass is 9.86. The van der Waals surface area contributed by atoms with Crippen LogP contribution in [0.15, 0.2) is 42.6 Å². The van der Waals surface area contributed by atoms with Crippen LogP contribution >= 0.6 is 0 Å². The molecular weight excluding hydrogens is 362 g/mol. The zero-order valence-corrected chi connectivity index (χ0v) is 16.9. The molecule has 4 heterocycles. The highest BCUT2D eigenvalue weighted by Crippen LogP contribution is 2.34. The Kier molecular flexibility index (Phi) is 4.24. The van der Waals surface area contributed by atoms with Crippen molar-refractivity contribution in [2.45, 2.75) is 44.7 Å². The van der Waals surface area contributed by atoms with Gasteiger partial charge in [-0.25, -0.2) is 4.98 Å². The maximum atomic E-state index is 10.5. The molecule has 1 aromatic carbocycles. The van der Waals surface area contributed by atoms with Crippen molar-refractivity contribution < 1.29 is 5.11 Å². The van der Waals surface area contributed by atoms with Gasteiger partial charge in [0.05, 0.1) is 22.2 Å². The first-order valence-electron chi connectivity index (χ1n) is 10.2. The van der Waals surface area contributed by atoms with Crippen molar-refractivity contribution in [3.8, 4) is 17.0 Å². The number of rotatable bonds is 2. The van der Waals surface area contributed by atoms with Crippen molar-refractivity contribution in [3.05, 3.63) is 48.3 Å². The second kappa shape index (κ2) is 6.81. The molecule has 0 bridgehead atoms. The van der Waals surface area contributed by atoms with E-state index in [1.807, 2.05) is 31.4 Å². The first kappa shape index (κ1) is 18.1. The maximum Gasteiger partial charge on any atom is 0.127 e. The van der Waals surface area contributed by atoms with Gasteiger partial charge in [0.1, 0.15) is 5.75 Å². The van der Waals surface area contributed by atoms with Gasteiger partial charge in [0.25, 0.3) is 0 Å². The number of benzene rings is 1. The summed E-state index contributed by atoms with van der Waals surface area (Å²) in [5.74, 6) is 0.660.